The molecule has 1 amide bonds. The van der Waals surface area contributed by atoms with Gasteiger partial charge in [-0.1, -0.05) is 23.5 Å². The fraction of sp³-hybridized carbons (Fsp3) is 0.467. The molecule has 1 atom stereocenters. The Bertz CT molecular complexity index is 577. The van der Waals surface area contributed by atoms with Gasteiger partial charge in [0.1, 0.15) is 0 Å². The molecule has 0 aliphatic rings. The lowest BCUT2D eigenvalue weighted by Crippen LogP contribution is -2.41. The van der Waals surface area contributed by atoms with Crippen LogP contribution < -0.4 is 5.32 Å². The summed E-state index contributed by atoms with van der Waals surface area (Å²) in [6.45, 7) is 6.46. The van der Waals surface area contributed by atoms with Gasteiger partial charge in [-0.05, 0) is 32.9 Å². The molecule has 0 saturated heterocycles. The van der Waals surface area contributed by atoms with Crippen LogP contribution in [0.15, 0.2) is 24.3 Å². The van der Waals surface area contributed by atoms with Crippen molar-refractivity contribution >= 4 is 32.6 Å². The Labute approximate surface area is 128 Å². The summed E-state index contributed by atoms with van der Waals surface area (Å²) >= 11 is 1.46. The minimum absolute atomic E-state index is 0.108. The first-order valence-electron chi connectivity index (χ1n) is 7.03. The molecule has 114 valence electrons. The maximum Gasteiger partial charge on any atom is 0.240 e. The fourth-order valence-corrected chi connectivity index (χ4v) is 2.95. The van der Waals surface area contributed by atoms with Crippen molar-refractivity contribution in [1.29, 1.82) is 0 Å². The van der Waals surface area contributed by atoms with Gasteiger partial charge < -0.3 is 10.4 Å². The summed E-state index contributed by atoms with van der Waals surface area (Å²) in [6.07, 6.45) is -0.456. The van der Waals surface area contributed by atoms with Crippen molar-refractivity contribution in [1.82, 2.24) is 9.88 Å². The fourth-order valence-electron chi connectivity index (χ4n) is 2.07. The quantitative estimate of drug-likeness (QED) is 0.859. The number of nitrogens with zero attached hydrogens (tertiary/aromatic N) is 2. The van der Waals surface area contributed by atoms with E-state index in [9.17, 15) is 9.90 Å². The van der Waals surface area contributed by atoms with E-state index in [1.807, 2.05) is 43.0 Å². The van der Waals surface area contributed by atoms with E-state index in [4.69, 9.17) is 0 Å². The third-order valence-electron chi connectivity index (χ3n) is 3.12. The van der Waals surface area contributed by atoms with Gasteiger partial charge in [-0.15, -0.1) is 0 Å². The molecule has 0 aliphatic heterocycles. The van der Waals surface area contributed by atoms with Crippen molar-refractivity contribution in [2.75, 3.05) is 18.4 Å². The topological polar surface area (TPSA) is 65.5 Å². The van der Waals surface area contributed by atoms with Gasteiger partial charge in [0.25, 0.3) is 0 Å². The van der Waals surface area contributed by atoms with E-state index in [0.29, 0.717) is 11.7 Å². The zero-order valence-corrected chi connectivity index (χ0v) is 13.4. The third kappa shape index (κ3) is 4.49. The second-order valence-electron chi connectivity index (χ2n) is 5.41. The van der Waals surface area contributed by atoms with Crippen molar-refractivity contribution in [3.05, 3.63) is 24.3 Å². The van der Waals surface area contributed by atoms with Gasteiger partial charge in [0.2, 0.25) is 5.91 Å². The number of aliphatic hydroxyl groups is 1. The monoisotopic (exact) mass is 307 g/mol. The van der Waals surface area contributed by atoms with Crippen LogP contribution in [0.5, 0.6) is 0 Å². The molecule has 1 heterocycles. The predicted octanol–water partition coefficient (Wildman–Crippen LogP) is 2.33. The molecule has 1 aromatic heterocycles. The summed E-state index contributed by atoms with van der Waals surface area (Å²) in [6, 6.07) is 7.98. The molecule has 0 radical (unpaired) electrons. The van der Waals surface area contributed by atoms with Crippen LogP contribution in [-0.4, -0.2) is 46.1 Å². The summed E-state index contributed by atoms with van der Waals surface area (Å²) in [4.78, 5) is 18.4. The van der Waals surface area contributed by atoms with E-state index < -0.39 is 6.10 Å². The number of fused-ring (bicyclic) bond motifs is 1. The van der Waals surface area contributed by atoms with Gasteiger partial charge >= 0.3 is 0 Å². The van der Waals surface area contributed by atoms with Crippen LogP contribution >= 0.6 is 11.3 Å². The SMILES string of the molecule is CC(O)CN(CC(=O)Nc1nc2ccccc2s1)C(C)C. The molecule has 1 unspecified atom stereocenters. The first kappa shape index (κ1) is 15.9. The Morgan fingerprint density at radius 2 is 2.10 bits per heavy atom. The van der Waals surface area contributed by atoms with Crippen LogP contribution in [0, 0.1) is 0 Å². The number of carbonyl (C=O) groups excluding carboxylic acids is 1. The lowest BCUT2D eigenvalue weighted by atomic mass is 10.2. The number of carbonyl (C=O) groups is 1. The molecule has 5 nitrogen and oxygen atoms in total. The molecule has 0 fully saturated rings. The summed E-state index contributed by atoms with van der Waals surface area (Å²) in [5.41, 5.74) is 0.891. The number of nitrogens with one attached hydrogen (secondary N) is 1. The average molecular weight is 307 g/mol. The van der Waals surface area contributed by atoms with E-state index >= 15 is 0 Å². The molecule has 6 heteroatoms. The van der Waals surface area contributed by atoms with Crippen molar-refractivity contribution in [3.63, 3.8) is 0 Å². The Morgan fingerprint density at radius 3 is 2.71 bits per heavy atom. The Morgan fingerprint density at radius 1 is 1.38 bits per heavy atom. The number of amides is 1. The first-order chi connectivity index (χ1) is 9.95. The third-order valence-corrected chi connectivity index (χ3v) is 4.07. The highest BCUT2D eigenvalue weighted by molar-refractivity contribution is 7.22. The maximum atomic E-state index is 12.1. The van der Waals surface area contributed by atoms with Gasteiger partial charge in [-0.25, -0.2) is 4.98 Å². The van der Waals surface area contributed by atoms with Crippen molar-refractivity contribution in [2.24, 2.45) is 0 Å². The number of aromatic nitrogens is 1. The molecule has 0 saturated carbocycles. The lowest BCUT2D eigenvalue weighted by Gasteiger charge is -2.26. The highest BCUT2D eigenvalue weighted by Crippen LogP contribution is 2.25. The Hall–Kier alpha value is -1.50. The number of rotatable bonds is 6. The number of benzene rings is 1. The standard InChI is InChI=1S/C15H21N3O2S/c1-10(2)18(8-11(3)19)9-14(20)17-15-16-12-6-4-5-7-13(12)21-15/h4-7,10-11,19H,8-9H2,1-3H3,(H,16,17,20). The van der Waals surface area contributed by atoms with E-state index in [1.165, 1.54) is 11.3 Å². The second kappa shape index (κ2) is 6.98. The van der Waals surface area contributed by atoms with Crippen LogP contribution in [-0.2, 0) is 4.79 Å². The van der Waals surface area contributed by atoms with E-state index in [-0.39, 0.29) is 18.5 Å². The van der Waals surface area contributed by atoms with Crippen LogP contribution in [0.4, 0.5) is 5.13 Å². The molecule has 0 aliphatic carbocycles. The van der Waals surface area contributed by atoms with Crippen LogP contribution in [0.25, 0.3) is 10.2 Å². The van der Waals surface area contributed by atoms with Crippen molar-refractivity contribution in [3.8, 4) is 0 Å². The van der Waals surface area contributed by atoms with Crippen LogP contribution in [0.1, 0.15) is 20.8 Å². The molecule has 21 heavy (non-hydrogen) atoms. The largest absolute Gasteiger partial charge is 0.392 e. The number of thiazole rings is 1. The number of anilines is 1. The smallest absolute Gasteiger partial charge is 0.240 e. The molecule has 2 rings (SSSR count). The van der Waals surface area contributed by atoms with Crippen LogP contribution in [0.3, 0.4) is 0 Å². The normalized spacial score (nSPS) is 13.0. The molecular formula is C15H21N3O2S. The number of aliphatic hydroxyl groups excluding tert-OH is 1. The predicted molar refractivity (Wildman–Crippen MR) is 86.6 cm³/mol. The zero-order chi connectivity index (χ0) is 15.4. The van der Waals surface area contributed by atoms with Crippen molar-refractivity contribution < 1.29 is 9.90 Å². The Balaban J connectivity index is 1.99. The number of hydrogen-bond donors (Lipinski definition) is 2. The van der Waals surface area contributed by atoms with Gasteiger partial charge in [-0.3, -0.25) is 9.69 Å². The second-order valence-corrected chi connectivity index (χ2v) is 6.44. The van der Waals surface area contributed by atoms with E-state index in [1.54, 1.807) is 6.92 Å². The highest BCUT2D eigenvalue weighted by atomic mass is 32.1. The maximum absolute atomic E-state index is 12.1. The molecule has 0 spiro atoms. The summed E-state index contributed by atoms with van der Waals surface area (Å²) < 4.78 is 1.05. The molecular weight excluding hydrogens is 286 g/mol. The van der Waals surface area contributed by atoms with Crippen LogP contribution in [0.2, 0.25) is 0 Å². The van der Waals surface area contributed by atoms with E-state index in [2.05, 4.69) is 10.3 Å². The minimum Gasteiger partial charge on any atom is -0.392 e. The van der Waals surface area contributed by atoms with E-state index in [0.717, 1.165) is 10.2 Å². The number of para-hydroxylation sites is 1. The first-order valence-corrected chi connectivity index (χ1v) is 7.85. The van der Waals surface area contributed by atoms with Gasteiger partial charge in [0, 0.05) is 12.6 Å². The van der Waals surface area contributed by atoms with Gasteiger partial charge in [0.15, 0.2) is 5.13 Å². The van der Waals surface area contributed by atoms with Crippen molar-refractivity contribution in [2.45, 2.75) is 32.9 Å². The minimum atomic E-state index is -0.456. The van der Waals surface area contributed by atoms with Gasteiger partial charge in [0.05, 0.1) is 22.9 Å². The number of hydrogen-bond acceptors (Lipinski definition) is 5. The highest BCUT2D eigenvalue weighted by Gasteiger charge is 2.17. The molecule has 1 aromatic carbocycles. The molecule has 2 aromatic rings. The summed E-state index contributed by atoms with van der Waals surface area (Å²) in [7, 11) is 0. The average Bonchev–Trinajstić information content (AvgIpc) is 2.79. The molecule has 0 bridgehead atoms. The zero-order valence-electron chi connectivity index (χ0n) is 12.5. The molecule has 2 N–H and O–H groups in total. The lowest BCUT2D eigenvalue weighted by molar-refractivity contribution is -0.118. The van der Waals surface area contributed by atoms with Gasteiger partial charge in [-0.2, -0.15) is 0 Å². The Kier molecular flexibility index (Phi) is 5.27. The summed E-state index contributed by atoms with van der Waals surface area (Å²) in [5, 5.41) is 12.9. The summed E-state index contributed by atoms with van der Waals surface area (Å²) in [5.74, 6) is -0.108.